The van der Waals surface area contributed by atoms with Crippen LogP contribution in [0, 0.1) is 13.8 Å². The molecular formula is C18H18N2OS. The van der Waals surface area contributed by atoms with E-state index >= 15 is 0 Å². The van der Waals surface area contributed by atoms with Gasteiger partial charge in [-0.15, -0.1) is 0 Å². The van der Waals surface area contributed by atoms with Crippen molar-refractivity contribution in [3.63, 3.8) is 0 Å². The number of thioether (sulfide) groups is 1. The smallest absolute Gasteiger partial charge is 0.266 e. The van der Waals surface area contributed by atoms with Gasteiger partial charge in [-0.2, -0.15) is 0 Å². The molecule has 3 rings (SSSR count). The van der Waals surface area contributed by atoms with Crippen LogP contribution in [-0.4, -0.2) is 15.3 Å². The van der Waals surface area contributed by atoms with Crippen LogP contribution < -0.4 is 5.56 Å². The van der Waals surface area contributed by atoms with E-state index in [4.69, 9.17) is 4.98 Å². The van der Waals surface area contributed by atoms with Crippen LogP contribution >= 0.6 is 11.8 Å². The van der Waals surface area contributed by atoms with Gasteiger partial charge in [-0.1, -0.05) is 48.5 Å². The number of aryl methyl sites for hydroxylation is 2. The molecule has 0 spiro atoms. The standard InChI is InChI=1S/C18H18N2OS/c1-4-22-18-19-15-8-6-5-7-14(15)17(21)20(18)16-10-9-12(2)11-13(16)3/h5-11H,4H2,1-3H3. The summed E-state index contributed by atoms with van der Waals surface area (Å²) in [4.78, 5) is 17.7. The maximum atomic E-state index is 13.0. The van der Waals surface area contributed by atoms with Crippen LogP contribution in [0.15, 0.2) is 52.4 Å². The van der Waals surface area contributed by atoms with Crippen LogP contribution in [0.4, 0.5) is 0 Å². The summed E-state index contributed by atoms with van der Waals surface area (Å²) >= 11 is 1.59. The lowest BCUT2D eigenvalue weighted by molar-refractivity contribution is 0.814. The summed E-state index contributed by atoms with van der Waals surface area (Å²) in [6.07, 6.45) is 0. The largest absolute Gasteiger partial charge is 0.268 e. The Balaban J connectivity index is 2.38. The summed E-state index contributed by atoms with van der Waals surface area (Å²) in [5.41, 5.74) is 3.92. The number of fused-ring (bicyclic) bond motifs is 1. The SMILES string of the molecule is CCSc1nc2ccccc2c(=O)n1-c1ccc(C)cc1C. The van der Waals surface area contributed by atoms with Gasteiger partial charge in [0.1, 0.15) is 0 Å². The Morgan fingerprint density at radius 1 is 1.14 bits per heavy atom. The van der Waals surface area contributed by atoms with E-state index in [1.54, 1.807) is 16.3 Å². The molecule has 3 nitrogen and oxygen atoms in total. The van der Waals surface area contributed by atoms with Crippen molar-refractivity contribution in [2.45, 2.75) is 25.9 Å². The van der Waals surface area contributed by atoms with Crippen LogP contribution in [0.1, 0.15) is 18.1 Å². The van der Waals surface area contributed by atoms with Crippen molar-refractivity contribution < 1.29 is 0 Å². The molecule has 4 heteroatoms. The van der Waals surface area contributed by atoms with Gasteiger partial charge in [-0.3, -0.25) is 9.36 Å². The fraction of sp³-hybridized carbons (Fsp3) is 0.222. The second-order valence-electron chi connectivity index (χ2n) is 5.28. The Kier molecular flexibility index (Phi) is 4.03. The topological polar surface area (TPSA) is 34.9 Å². The summed E-state index contributed by atoms with van der Waals surface area (Å²) in [6.45, 7) is 6.16. The third kappa shape index (κ3) is 2.55. The maximum Gasteiger partial charge on any atom is 0.266 e. The summed E-state index contributed by atoms with van der Waals surface area (Å²) in [5, 5.41) is 1.40. The first-order valence-corrected chi connectivity index (χ1v) is 8.32. The van der Waals surface area contributed by atoms with Gasteiger partial charge < -0.3 is 0 Å². The Hall–Kier alpha value is -2.07. The number of benzene rings is 2. The van der Waals surface area contributed by atoms with Gasteiger partial charge in [0.2, 0.25) is 0 Å². The number of hydrogen-bond acceptors (Lipinski definition) is 3. The van der Waals surface area contributed by atoms with Crippen molar-refractivity contribution in [3.8, 4) is 5.69 Å². The Morgan fingerprint density at radius 2 is 1.91 bits per heavy atom. The minimum absolute atomic E-state index is 0.00602. The maximum absolute atomic E-state index is 13.0. The third-order valence-corrected chi connectivity index (χ3v) is 4.43. The van der Waals surface area contributed by atoms with Gasteiger partial charge in [-0.05, 0) is 43.4 Å². The molecule has 112 valence electrons. The quantitative estimate of drug-likeness (QED) is 0.539. The Morgan fingerprint density at radius 3 is 2.64 bits per heavy atom. The predicted octanol–water partition coefficient (Wildman–Crippen LogP) is 4.11. The molecule has 0 fully saturated rings. The van der Waals surface area contributed by atoms with Crippen molar-refractivity contribution >= 4 is 22.7 Å². The molecule has 0 unspecified atom stereocenters. The molecule has 0 saturated heterocycles. The highest BCUT2D eigenvalue weighted by atomic mass is 32.2. The highest BCUT2D eigenvalue weighted by Gasteiger charge is 2.14. The van der Waals surface area contributed by atoms with Gasteiger partial charge in [0.15, 0.2) is 5.16 Å². The molecule has 1 heterocycles. The van der Waals surface area contributed by atoms with Gasteiger partial charge in [0, 0.05) is 0 Å². The van der Waals surface area contributed by atoms with Crippen molar-refractivity contribution in [3.05, 3.63) is 63.9 Å². The number of nitrogens with zero attached hydrogens (tertiary/aromatic N) is 2. The molecule has 2 aromatic carbocycles. The number of para-hydroxylation sites is 1. The second-order valence-corrected chi connectivity index (χ2v) is 6.51. The average Bonchev–Trinajstić information content (AvgIpc) is 2.49. The van der Waals surface area contributed by atoms with Crippen LogP contribution in [0.5, 0.6) is 0 Å². The minimum Gasteiger partial charge on any atom is -0.268 e. The molecule has 0 radical (unpaired) electrons. The summed E-state index contributed by atoms with van der Waals surface area (Å²) in [6, 6.07) is 13.7. The van der Waals surface area contributed by atoms with Crippen LogP contribution in [-0.2, 0) is 0 Å². The Labute approximate surface area is 134 Å². The summed E-state index contributed by atoms with van der Waals surface area (Å²) in [5.74, 6) is 0.871. The van der Waals surface area contributed by atoms with Gasteiger partial charge in [0.05, 0.1) is 16.6 Å². The minimum atomic E-state index is -0.00602. The zero-order chi connectivity index (χ0) is 15.7. The van der Waals surface area contributed by atoms with Crippen molar-refractivity contribution in [1.82, 2.24) is 9.55 Å². The molecule has 0 saturated carbocycles. The van der Waals surface area contributed by atoms with E-state index in [9.17, 15) is 4.79 Å². The lowest BCUT2D eigenvalue weighted by Crippen LogP contribution is -2.22. The molecule has 0 amide bonds. The molecule has 1 aromatic heterocycles. The Bertz CT molecular complexity index is 899. The van der Waals surface area contributed by atoms with Crippen LogP contribution in [0.25, 0.3) is 16.6 Å². The summed E-state index contributed by atoms with van der Waals surface area (Å²) in [7, 11) is 0. The molecule has 0 aliphatic heterocycles. The predicted molar refractivity (Wildman–Crippen MR) is 93.2 cm³/mol. The highest BCUT2D eigenvalue weighted by molar-refractivity contribution is 7.99. The average molecular weight is 310 g/mol. The third-order valence-electron chi connectivity index (χ3n) is 3.61. The zero-order valence-electron chi connectivity index (χ0n) is 13.0. The fourth-order valence-electron chi connectivity index (χ4n) is 2.61. The van der Waals surface area contributed by atoms with Crippen molar-refractivity contribution in [2.24, 2.45) is 0 Å². The van der Waals surface area contributed by atoms with Gasteiger partial charge in [0.25, 0.3) is 5.56 Å². The van der Waals surface area contributed by atoms with Gasteiger partial charge in [-0.25, -0.2) is 4.98 Å². The molecule has 0 N–H and O–H groups in total. The van der Waals surface area contributed by atoms with Crippen LogP contribution in [0.3, 0.4) is 0 Å². The molecular weight excluding hydrogens is 292 g/mol. The normalized spacial score (nSPS) is 11.0. The second kappa shape index (κ2) is 5.97. The molecule has 0 bridgehead atoms. The van der Waals surface area contributed by atoms with E-state index in [1.807, 2.05) is 43.3 Å². The van der Waals surface area contributed by atoms with E-state index in [2.05, 4.69) is 19.9 Å². The molecule has 0 aliphatic carbocycles. The van der Waals surface area contributed by atoms with E-state index in [0.29, 0.717) is 5.39 Å². The van der Waals surface area contributed by atoms with Crippen molar-refractivity contribution in [1.29, 1.82) is 0 Å². The first-order chi connectivity index (χ1) is 10.6. The molecule has 0 aliphatic rings. The fourth-order valence-corrected chi connectivity index (χ4v) is 3.34. The number of hydrogen-bond donors (Lipinski definition) is 0. The summed E-state index contributed by atoms with van der Waals surface area (Å²) < 4.78 is 1.74. The lowest BCUT2D eigenvalue weighted by atomic mass is 10.1. The number of rotatable bonds is 3. The first kappa shape index (κ1) is 14.9. The van der Waals surface area contributed by atoms with E-state index in [1.165, 1.54) is 5.56 Å². The molecule has 0 atom stereocenters. The van der Waals surface area contributed by atoms with E-state index in [0.717, 1.165) is 27.7 Å². The highest BCUT2D eigenvalue weighted by Crippen LogP contribution is 2.23. The monoisotopic (exact) mass is 310 g/mol. The van der Waals surface area contributed by atoms with Crippen LogP contribution in [0.2, 0.25) is 0 Å². The molecule has 22 heavy (non-hydrogen) atoms. The first-order valence-electron chi connectivity index (χ1n) is 7.34. The van der Waals surface area contributed by atoms with E-state index < -0.39 is 0 Å². The van der Waals surface area contributed by atoms with Crippen molar-refractivity contribution in [2.75, 3.05) is 5.75 Å². The molecule has 3 aromatic rings. The van der Waals surface area contributed by atoms with E-state index in [-0.39, 0.29) is 5.56 Å². The lowest BCUT2D eigenvalue weighted by Gasteiger charge is -2.15. The zero-order valence-corrected chi connectivity index (χ0v) is 13.8. The number of aromatic nitrogens is 2. The van der Waals surface area contributed by atoms with Gasteiger partial charge >= 0.3 is 0 Å².